The van der Waals surface area contributed by atoms with Gasteiger partial charge in [0.25, 0.3) is 5.91 Å². The van der Waals surface area contributed by atoms with E-state index in [1.807, 2.05) is 13.1 Å². The second-order valence-electron chi connectivity index (χ2n) is 6.11. The van der Waals surface area contributed by atoms with Crippen molar-refractivity contribution < 1.29 is 9.18 Å². The van der Waals surface area contributed by atoms with Gasteiger partial charge in [-0.3, -0.25) is 4.79 Å². The molecular weight excluding hydrogens is 325 g/mol. The molecule has 2 N–H and O–H groups in total. The maximum absolute atomic E-state index is 13.4. The van der Waals surface area contributed by atoms with Gasteiger partial charge < -0.3 is 10.3 Å². The number of benzene rings is 1. The fraction of sp³-hybridized carbons (Fsp3) is 0.333. The lowest BCUT2D eigenvalue weighted by Crippen LogP contribution is -2.27. The van der Waals surface area contributed by atoms with Crippen LogP contribution >= 0.6 is 11.3 Å². The second kappa shape index (κ2) is 6.73. The van der Waals surface area contributed by atoms with Crippen LogP contribution in [0.3, 0.4) is 0 Å². The number of aromatic nitrogens is 2. The summed E-state index contributed by atoms with van der Waals surface area (Å²) in [6, 6.07) is 4.67. The Kier molecular flexibility index (Phi) is 4.66. The highest BCUT2D eigenvalue weighted by Gasteiger charge is 2.18. The van der Waals surface area contributed by atoms with Gasteiger partial charge in [-0.15, -0.1) is 11.3 Å². The minimum Gasteiger partial charge on any atom is -0.361 e. The summed E-state index contributed by atoms with van der Waals surface area (Å²) in [4.78, 5) is 20.9. The topological polar surface area (TPSA) is 57.8 Å². The molecule has 24 heavy (non-hydrogen) atoms. The van der Waals surface area contributed by atoms with Crippen LogP contribution in [0.1, 0.15) is 45.7 Å². The summed E-state index contributed by atoms with van der Waals surface area (Å²) < 4.78 is 13.4. The molecule has 0 saturated carbocycles. The predicted molar refractivity (Wildman–Crippen MR) is 95.2 cm³/mol. The molecule has 0 fully saturated rings. The first-order chi connectivity index (χ1) is 11.5. The quantitative estimate of drug-likeness (QED) is 0.729. The van der Waals surface area contributed by atoms with Gasteiger partial charge in [-0.05, 0) is 43.0 Å². The number of amides is 1. The molecule has 0 aliphatic rings. The lowest BCUT2D eigenvalue weighted by Gasteiger charge is -2.07. The molecule has 3 aromatic rings. The molecule has 1 aromatic carbocycles. The molecule has 2 aromatic heterocycles. The van der Waals surface area contributed by atoms with Crippen LogP contribution in [0.15, 0.2) is 24.4 Å². The molecule has 3 rings (SSSR count). The fourth-order valence-corrected chi connectivity index (χ4v) is 3.67. The first-order valence-corrected chi connectivity index (χ1v) is 8.78. The van der Waals surface area contributed by atoms with Crippen molar-refractivity contribution in [3.05, 3.63) is 51.4 Å². The van der Waals surface area contributed by atoms with Crippen LogP contribution in [0.2, 0.25) is 0 Å². The molecule has 0 saturated heterocycles. The molecule has 0 bridgehead atoms. The molecule has 126 valence electrons. The molecule has 4 nitrogen and oxygen atoms in total. The number of hydrogen-bond acceptors (Lipinski definition) is 3. The Balaban J connectivity index is 1.68. The minimum atomic E-state index is -0.257. The number of nitrogens with one attached hydrogen (secondary N) is 2. The van der Waals surface area contributed by atoms with Gasteiger partial charge in [-0.25, -0.2) is 9.37 Å². The van der Waals surface area contributed by atoms with Crippen molar-refractivity contribution in [1.82, 2.24) is 15.3 Å². The van der Waals surface area contributed by atoms with Crippen molar-refractivity contribution in [2.75, 3.05) is 6.54 Å². The van der Waals surface area contributed by atoms with Crippen molar-refractivity contribution in [3.63, 3.8) is 0 Å². The summed E-state index contributed by atoms with van der Waals surface area (Å²) in [6.45, 7) is 6.51. The molecule has 0 radical (unpaired) electrons. The number of thiazole rings is 1. The van der Waals surface area contributed by atoms with E-state index in [1.54, 1.807) is 17.4 Å². The average Bonchev–Trinajstić information content (AvgIpc) is 3.11. The minimum absolute atomic E-state index is 0.144. The summed E-state index contributed by atoms with van der Waals surface area (Å²) in [5.41, 5.74) is 2.41. The van der Waals surface area contributed by atoms with Gasteiger partial charge in [0.15, 0.2) is 0 Å². The highest BCUT2D eigenvalue weighted by atomic mass is 32.1. The highest BCUT2D eigenvalue weighted by molar-refractivity contribution is 7.12. The predicted octanol–water partition coefficient (Wildman–Crippen LogP) is 4.17. The highest BCUT2D eigenvalue weighted by Crippen LogP contribution is 2.26. The molecule has 6 heteroatoms. The number of rotatable bonds is 5. The number of aromatic amines is 1. The van der Waals surface area contributed by atoms with Crippen LogP contribution in [0.25, 0.3) is 10.9 Å². The van der Waals surface area contributed by atoms with E-state index < -0.39 is 0 Å². The molecule has 0 aliphatic heterocycles. The average molecular weight is 345 g/mol. The summed E-state index contributed by atoms with van der Waals surface area (Å²) >= 11 is 1.57. The molecule has 0 spiro atoms. The van der Waals surface area contributed by atoms with Crippen LogP contribution in [-0.2, 0) is 6.42 Å². The van der Waals surface area contributed by atoms with Crippen LogP contribution in [0.4, 0.5) is 4.39 Å². The van der Waals surface area contributed by atoms with E-state index in [4.69, 9.17) is 0 Å². The Labute approximate surface area is 144 Å². The smallest absolute Gasteiger partial charge is 0.271 e. The first kappa shape index (κ1) is 16.6. The van der Waals surface area contributed by atoms with E-state index >= 15 is 0 Å². The van der Waals surface area contributed by atoms with Crippen molar-refractivity contribution in [2.45, 2.75) is 33.1 Å². The Bertz CT molecular complexity index is 882. The third kappa shape index (κ3) is 3.33. The fourth-order valence-electron chi connectivity index (χ4n) is 2.75. The number of nitrogens with zero attached hydrogens (tertiary/aromatic N) is 1. The standard InChI is InChI=1S/C18H20FN3OS/c1-10(2)17-16(22-11(3)24-17)18(23)20-7-6-12-9-21-15-5-4-13(19)8-14(12)15/h4-5,8-10,21H,6-7H2,1-3H3,(H,20,23). The monoisotopic (exact) mass is 345 g/mol. The summed E-state index contributed by atoms with van der Waals surface area (Å²) in [5, 5.41) is 4.68. The van der Waals surface area contributed by atoms with Crippen LogP contribution < -0.4 is 5.32 Å². The van der Waals surface area contributed by atoms with Crippen molar-refractivity contribution >= 4 is 28.1 Å². The summed E-state index contributed by atoms with van der Waals surface area (Å²) in [6.07, 6.45) is 2.50. The first-order valence-electron chi connectivity index (χ1n) is 7.96. The van der Waals surface area contributed by atoms with Gasteiger partial charge >= 0.3 is 0 Å². The van der Waals surface area contributed by atoms with Crippen LogP contribution in [0.5, 0.6) is 0 Å². The van der Waals surface area contributed by atoms with E-state index in [0.29, 0.717) is 18.7 Å². The molecule has 0 aliphatic carbocycles. The van der Waals surface area contributed by atoms with Gasteiger partial charge in [-0.2, -0.15) is 0 Å². The molecule has 0 atom stereocenters. The Morgan fingerprint density at radius 1 is 1.42 bits per heavy atom. The second-order valence-corrected chi connectivity index (χ2v) is 7.34. The zero-order chi connectivity index (χ0) is 17.3. The number of carbonyl (C=O) groups is 1. The van der Waals surface area contributed by atoms with E-state index in [1.165, 1.54) is 12.1 Å². The summed E-state index contributed by atoms with van der Waals surface area (Å²) in [7, 11) is 0. The Hall–Kier alpha value is -2.21. The van der Waals surface area contributed by atoms with Crippen LogP contribution in [-0.4, -0.2) is 22.4 Å². The number of fused-ring (bicyclic) bond motifs is 1. The lowest BCUT2D eigenvalue weighted by molar-refractivity contribution is 0.0948. The van der Waals surface area contributed by atoms with Crippen molar-refractivity contribution in [2.24, 2.45) is 0 Å². The maximum Gasteiger partial charge on any atom is 0.271 e. The van der Waals surface area contributed by atoms with Crippen LogP contribution in [0, 0.1) is 12.7 Å². The molecular formula is C18H20FN3OS. The lowest BCUT2D eigenvalue weighted by atomic mass is 10.1. The molecule has 2 heterocycles. The third-order valence-corrected chi connectivity index (χ3v) is 5.18. The molecule has 0 unspecified atom stereocenters. The summed E-state index contributed by atoms with van der Waals surface area (Å²) in [5.74, 6) is -0.130. The SMILES string of the molecule is Cc1nc(C(=O)NCCc2c[nH]c3ccc(F)cc23)c(C(C)C)s1. The number of hydrogen-bond donors (Lipinski definition) is 2. The number of H-pyrrole nitrogens is 1. The van der Waals surface area contributed by atoms with Gasteiger partial charge in [0.05, 0.1) is 5.01 Å². The third-order valence-electron chi connectivity index (χ3n) is 3.91. The van der Waals surface area contributed by atoms with Crippen molar-refractivity contribution in [1.29, 1.82) is 0 Å². The Morgan fingerprint density at radius 2 is 2.21 bits per heavy atom. The zero-order valence-corrected chi connectivity index (χ0v) is 14.8. The number of carbonyl (C=O) groups excluding carboxylic acids is 1. The number of aryl methyl sites for hydroxylation is 1. The number of halogens is 1. The van der Waals surface area contributed by atoms with Gasteiger partial charge in [-0.1, -0.05) is 13.8 Å². The van der Waals surface area contributed by atoms with E-state index in [2.05, 4.69) is 29.1 Å². The van der Waals surface area contributed by atoms with Gasteiger partial charge in [0, 0.05) is 28.5 Å². The zero-order valence-electron chi connectivity index (χ0n) is 13.9. The van der Waals surface area contributed by atoms with E-state index in [9.17, 15) is 9.18 Å². The largest absolute Gasteiger partial charge is 0.361 e. The van der Waals surface area contributed by atoms with E-state index in [0.717, 1.165) is 26.4 Å². The Morgan fingerprint density at radius 3 is 2.96 bits per heavy atom. The van der Waals surface area contributed by atoms with E-state index in [-0.39, 0.29) is 17.6 Å². The van der Waals surface area contributed by atoms with Gasteiger partial charge in [0.2, 0.25) is 0 Å². The van der Waals surface area contributed by atoms with Gasteiger partial charge in [0.1, 0.15) is 11.5 Å². The van der Waals surface area contributed by atoms with Crippen molar-refractivity contribution in [3.8, 4) is 0 Å². The molecule has 1 amide bonds. The normalized spacial score (nSPS) is 11.4. The maximum atomic E-state index is 13.4.